The molecule has 224 valence electrons. The van der Waals surface area contributed by atoms with Crippen LogP contribution in [0.15, 0.2) is 36.4 Å². The number of aliphatic hydroxyl groups excluding tert-OH is 1. The van der Waals surface area contributed by atoms with Gasteiger partial charge in [-0.1, -0.05) is 39.8 Å². The van der Waals surface area contributed by atoms with Crippen molar-refractivity contribution in [2.75, 3.05) is 13.1 Å². The van der Waals surface area contributed by atoms with E-state index in [1.54, 1.807) is 6.92 Å². The highest BCUT2D eigenvalue weighted by Gasteiger charge is 2.64. The Balaban J connectivity index is 1.98. The first-order valence-electron chi connectivity index (χ1n) is 13.5. The Morgan fingerprint density at radius 2 is 1.78 bits per heavy atom. The predicted molar refractivity (Wildman–Crippen MR) is 147 cm³/mol. The van der Waals surface area contributed by atoms with Crippen molar-refractivity contribution >= 4 is 17.7 Å². The molecule has 1 saturated heterocycles. The van der Waals surface area contributed by atoms with Crippen LogP contribution in [0.1, 0.15) is 54.7 Å². The number of likely N-dealkylation sites (tertiary alicyclic amines) is 1. The van der Waals surface area contributed by atoms with Gasteiger partial charge in [0.05, 0.1) is 18.0 Å². The van der Waals surface area contributed by atoms with E-state index in [1.165, 1.54) is 51.1 Å². The second-order valence-electron chi connectivity index (χ2n) is 11.7. The number of carbonyl (C=O) groups excluding carboxylic acids is 3. The first-order valence-corrected chi connectivity index (χ1v) is 13.5. The molecular formula is C30H38F3N3O5. The number of halogens is 3. The maximum Gasteiger partial charge on any atom is 0.272 e. The number of phenols is 1. The summed E-state index contributed by atoms with van der Waals surface area (Å²) in [6, 6.07) is 5.29. The van der Waals surface area contributed by atoms with Crippen LogP contribution >= 0.6 is 0 Å². The van der Waals surface area contributed by atoms with Crippen LogP contribution in [-0.2, 0) is 16.0 Å². The van der Waals surface area contributed by atoms with E-state index in [0.29, 0.717) is 16.0 Å². The lowest BCUT2D eigenvalue weighted by Crippen LogP contribution is -2.58. The van der Waals surface area contributed by atoms with E-state index in [1.807, 2.05) is 13.8 Å². The van der Waals surface area contributed by atoms with Crippen molar-refractivity contribution < 1.29 is 37.8 Å². The average Bonchev–Trinajstić information content (AvgIpc) is 3.06. The number of phenolic OH excluding ortho intramolecular Hbond substituents is 1. The first-order chi connectivity index (χ1) is 19.0. The fraction of sp³-hybridized carbons (Fsp3) is 0.500. The van der Waals surface area contributed by atoms with Gasteiger partial charge < -0.3 is 25.7 Å². The highest BCUT2D eigenvalue weighted by atomic mass is 19.3. The third kappa shape index (κ3) is 6.83. The molecule has 0 bridgehead atoms. The molecule has 0 aromatic heterocycles. The molecule has 0 aliphatic carbocycles. The Bertz CT molecular complexity index is 1310. The molecule has 2 aromatic rings. The van der Waals surface area contributed by atoms with Crippen LogP contribution in [0.25, 0.3) is 0 Å². The molecule has 3 rings (SSSR count). The standard InChI is InChI=1S/C30H38F3N3O5/c1-16(2)14-34-27(40)25-29(5,6)30(32,33)15-36(25)28(41)24(38)22(13-19-8-7-9-20(31)12-19)35-26(39)21-10-17(3)11-23(37)18(21)4/h7-12,16,22,24-25,37-38H,13-15H2,1-6H3,(H,34,40)(H,35,39)/t22-,24-,25?/m0/s1. The van der Waals surface area contributed by atoms with Crippen LogP contribution in [-0.4, -0.2) is 70.0 Å². The second kappa shape index (κ2) is 12.1. The summed E-state index contributed by atoms with van der Waals surface area (Å²) in [7, 11) is 0. The molecule has 3 amide bonds. The molecule has 1 fully saturated rings. The molecule has 1 unspecified atom stereocenters. The number of benzene rings is 2. The normalized spacial score (nSPS) is 19.1. The number of amides is 3. The van der Waals surface area contributed by atoms with Gasteiger partial charge in [0.1, 0.15) is 17.6 Å². The molecule has 1 aliphatic rings. The van der Waals surface area contributed by atoms with Crippen LogP contribution in [0.3, 0.4) is 0 Å². The van der Waals surface area contributed by atoms with Gasteiger partial charge >= 0.3 is 0 Å². The van der Waals surface area contributed by atoms with E-state index in [-0.39, 0.29) is 35.8 Å². The number of hydrogen-bond acceptors (Lipinski definition) is 5. The zero-order valence-corrected chi connectivity index (χ0v) is 24.1. The summed E-state index contributed by atoms with van der Waals surface area (Å²) in [5, 5.41) is 26.6. The Labute approximate surface area is 237 Å². The van der Waals surface area contributed by atoms with Crippen LogP contribution in [0, 0.1) is 31.0 Å². The third-order valence-corrected chi connectivity index (χ3v) is 7.59. The fourth-order valence-corrected chi connectivity index (χ4v) is 5.00. The van der Waals surface area contributed by atoms with E-state index in [2.05, 4.69) is 10.6 Å². The van der Waals surface area contributed by atoms with E-state index < -0.39 is 59.6 Å². The molecule has 8 nitrogen and oxygen atoms in total. The van der Waals surface area contributed by atoms with Gasteiger partial charge in [-0.25, -0.2) is 13.2 Å². The number of hydrogen-bond donors (Lipinski definition) is 4. The molecule has 41 heavy (non-hydrogen) atoms. The molecule has 11 heteroatoms. The van der Waals surface area contributed by atoms with Crippen LogP contribution < -0.4 is 10.6 Å². The van der Waals surface area contributed by atoms with Gasteiger partial charge in [0.25, 0.3) is 17.7 Å². The van der Waals surface area contributed by atoms with Crippen molar-refractivity contribution in [2.45, 2.75) is 72.1 Å². The molecule has 1 heterocycles. The van der Waals surface area contributed by atoms with Gasteiger partial charge in [-0.2, -0.15) is 0 Å². The molecule has 0 radical (unpaired) electrons. The molecule has 3 atom stereocenters. The number of aryl methyl sites for hydroxylation is 1. The summed E-state index contributed by atoms with van der Waals surface area (Å²) in [5.41, 5.74) is -0.731. The topological polar surface area (TPSA) is 119 Å². The minimum Gasteiger partial charge on any atom is -0.508 e. The molecule has 0 spiro atoms. The fourth-order valence-electron chi connectivity index (χ4n) is 5.00. The second-order valence-corrected chi connectivity index (χ2v) is 11.7. The lowest BCUT2D eigenvalue weighted by molar-refractivity contribution is -0.148. The van der Waals surface area contributed by atoms with E-state index in [4.69, 9.17) is 0 Å². The van der Waals surface area contributed by atoms with Crippen LogP contribution in [0.2, 0.25) is 0 Å². The molecule has 1 aliphatic heterocycles. The third-order valence-electron chi connectivity index (χ3n) is 7.59. The lowest BCUT2D eigenvalue weighted by atomic mass is 9.81. The number of alkyl halides is 2. The van der Waals surface area contributed by atoms with Gasteiger partial charge in [-0.3, -0.25) is 14.4 Å². The highest BCUT2D eigenvalue weighted by molar-refractivity contribution is 5.97. The number of nitrogens with zero attached hydrogens (tertiary/aromatic N) is 1. The summed E-state index contributed by atoms with van der Waals surface area (Å²) in [4.78, 5) is 40.7. The average molecular weight is 578 g/mol. The number of nitrogens with one attached hydrogen (secondary N) is 2. The van der Waals surface area contributed by atoms with Crippen LogP contribution in [0.4, 0.5) is 13.2 Å². The van der Waals surface area contributed by atoms with Gasteiger partial charge in [-0.15, -0.1) is 0 Å². The largest absolute Gasteiger partial charge is 0.508 e. The highest BCUT2D eigenvalue weighted by Crippen LogP contribution is 2.48. The van der Waals surface area contributed by atoms with Crippen molar-refractivity contribution in [2.24, 2.45) is 11.3 Å². The maximum absolute atomic E-state index is 15.2. The molecule has 2 aromatic carbocycles. The zero-order valence-electron chi connectivity index (χ0n) is 24.1. The summed E-state index contributed by atoms with van der Waals surface area (Å²) in [5.74, 6) is -6.86. The van der Waals surface area contributed by atoms with Crippen molar-refractivity contribution in [1.29, 1.82) is 0 Å². The molecule has 4 N–H and O–H groups in total. The van der Waals surface area contributed by atoms with Crippen molar-refractivity contribution in [3.05, 3.63) is 64.5 Å². The number of carbonyl (C=O) groups is 3. The predicted octanol–water partition coefficient (Wildman–Crippen LogP) is 3.49. The monoisotopic (exact) mass is 577 g/mol. The van der Waals surface area contributed by atoms with Crippen molar-refractivity contribution in [1.82, 2.24) is 15.5 Å². The minimum absolute atomic E-state index is 0.0223. The van der Waals surface area contributed by atoms with Gasteiger partial charge in [0, 0.05) is 17.7 Å². The quantitative estimate of drug-likeness (QED) is 0.364. The Kier molecular flexibility index (Phi) is 9.42. The Hall–Kier alpha value is -3.60. The van der Waals surface area contributed by atoms with E-state index >= 15 is 8.78 Å². The number of aliphatic hydroxyl groups is 1. The Morgan fingerprint density at radius 3 is 2.39 bits per heavy atom. The van der Waals surface area contributed by atoms with Crippen molar-refractivity contribution in [3.8, 4) is 5.75 Å². The molecular weight excluding hydrogens is 539 g/mol. The van der Waals surface area contributed by atoms with Gasteiger partial charge in [-0.05, 0) is 61.6 Å². The summed E-state index contributed by atoms with van der Waals surface area (Å²) in [6.45, 7) is 8.30. The minimum atomic E-state index is -3.46. The smallest absolute Gasteiger partial charge is 0.272 e. The lowest BCUT2D eigenvalue weighted by Gasteiger charge is -2.34. The van der Waals surface area contributed by atoms with E-state index in [9.17, 15) is 29.0 Å². The molecule has 0 saturated carbocycles. The number of rotatable bonds is 9. The van der Waals surface area contributed by atoms with E-state index in [0.717, 1.165) is 6.07 Å². The summed E-state index contributed by atoms with van der Waals surface area (Å²) < 4.78 is 44.3. The zero-order chi connectivity index (χ0) is 30.9. The number of aromatic hydroxyl groups is 1. The first kappa shape index (κ1) is 31.9. The SMILES string of the molecule is Cc1cc(O)c(C)c(C(=O)N[C@@H](Cc2cccc(F)c2)[C@H](O)C(=O)N2CC(F)(F)C(C)(C)C2C(=O)NCC(C)C)c1. The Morgan fingerprint density at radius 1 is 1.12 bits per heavy atom. The summed E-state index contributed by atoms with van der Waals surface area (Å²) in [6.07, 6.45) is -2.29. The van der Waals surface area contributed by atoms with Crippen LogP contribution in [0.5, 0.6) is 5.75 Å². The van der Waals surface area contributed by atoms with Gasteiger partial charge in [0.2, 0.25) is 5.91 Å². The van der Waals surface area contributed by atoms with Gasteiger partial charge in [0.15, 0.2) is 6.10 Å². The maximum atomic E-state index is 15.2. The summed E-state index contributed by atoms with van der Waals surface area (Å²) >= 11 is 0. The van der Waals surface area contributed by atoms with Crippen molar-refractivity contribution in [3.63, 3.8) is 0 Å².